The maximum atomic E-state index is 14.2. The fourth-order valence-corrected chi connectivity index (χ4v) is 8.82. The molecule has 0 aromatic carbocycles. The number of ether oxygens (including phenoxy) is 8. The highest BCUT2D eigenvalue weighted by atomic mass is 16.7. The first-order chi connectivity index (χ1) is 24.1. The van der Waals surface area contributed by atoms with E-state index in [0.29, 0.717) is 18.4 Å². The molecule has 4 fully saturated rings. The van der Waals surface area contributed by atoms with Crippen molar-refractivity contribution in [2.45, 2.75) is 173 Å². The van der Waals surface area contributed by atoms with Crippen molar-refractivity contribution in [1.29, 1.82) is 0 Å². The zero-order valence-electron chi connectivity index (χ0n) is 33.1. The Morgan fingerprint density at radius 3 is 2.19 bits per heavy atom. The Balaban J connectivity index is 1.82. The van der Waals surface area contributed by atoms with Crippen LogP contribution in [0.5, 0.6) is 0 Å². The zero-order chi connectivity index (χ0) is 39.0. The number of carbonyl (C=O) groups excluding carboxylic acids is 2. The van der Waals surface area contributed by atoms with E-state index < -0.39 is 108 Å². The Morgan fingerprint density at radius 2 is 1.60 bits per heavy atom. The summed E-state index contributed by atoms with van der Waals surface area (Å²) in [5.74, 6) is -3.12. The number of methoxy groups -OCH3 is 1. The predicted octanol–water partition coefficient (Wildman–Crippen LogP) is 3.56. The van der Waals surface area contributed by atoms with Crippen molar-refractivity contribution in [2.75, 3.05) is 21.2 Å². The van der Waals surface area contributed by atoms with E-state index in [-0.39, 0.29) is 25.0 Å². The van der Waals surface area contributed by atoms with Gasteiger partial charge in [-0.25, -0.2) is 4.79 Å². The van der Waals surface area contributed by atoms with Crippen molar-refractivity contribution < 1.29 is 62.8 Å². The van der Waals surface area contributed by atoms with Gasteiger partial charge in [0.1, 0.15) is 30.5 Å². The second kappa shape index (κ2) is 16.9. The smallest absolute Gasteiger partial charge is 0.457 e. The molecule has 0 radical (unpaired) electrons. The summed E-state index contributed by atoms with van der Waals surface area (Å²) in [5.41, 5.74) is -2.24. The molecule has 0 aromatic heterocycles. The van der Waals surface area contributed by atoms with Crippen LogP contribution < -0.4 is 0 Å². The Labute approximate surface area is 309 Å². The minimum atomic E-state index is -1.66. The molecule has 4 aliphatic heterocycles. The maximum Gasteiger partial charge on any atom is 0.509 e. The van der Waals surface area contributed by atoms with Crippen LogP contribution >= 0.6 is 0 Å². The number of fused-ring (bicyclic) bond motifs is 2. The predicted molar refractivity (Wildman–Crippen MR) is 189 cm³/mol. The van der Waals surface area contributed by atoms with Crippen LogP contribution in [0.25, 0.3) is 0 Å². The fourth-order valence-electron chi connectivity index (χ4n) is 8.82. The summed E-state index contributed by atoms with van der Waals surface area (Å²) in [6, 6.07) is -0.291. The molecule has 4 rings (SSSR count). The van der Waals surface area contributed by atoms with Crippen LogP contribution in [-0.4, -0.2) is 138 Å². The summed E-state index contributed by atoms with van der Waals surface area (Å²) in [7, 11) is 5.26. The Bertz CT molecular complexity index is 1250. The lowest BCUT2D eigenvalue weighted by molar-refractivity contribution is -0.318. The average molecular weight is 744 g/mol. The first-order valence-electron chi connectivity index (χ1n) is 18.8. The molecule has 0 amide bonds. The van der Waals surface area contributed by atoms with E-state index in [9.17, 15) is 24.9 Å². The van der Waals surface area contributed by atoms with Crippen molar-refractivity contribution >= 4 is 12.1 Å². The molecule has 4 heterocycles. The molecule has 4 saturated heterocycles. The van der Waals surface area contributed by atoms with Gasteiger partial charge in [0, 0.05) is 37.0 Å². The zero-order valence-corrected chi connectivity index (χ0v) is 33.1. The summed E-state index contributed by atoms with van der Waals surface area (Å²) < 4.78 is 49.0. The number of hydrogen-bond donors (Lipinski definition) is 3. The second-order valence-electron chi connectivity index (χ2n) is 16.5. The largest absolute Gasteiger partial charge is 0.509 e. The summed E-state index contributed by atoms with van der Waals surface area (Å²) in [4.78, 5) is 28.9. The summed E-state index contributed by atoms with van der Waals surface area (Å²) in [6.07, 6.45) is -9.07. The van der Waals surface area contributed by atoms with Crippen LogP contribution in [0, 0.1) is 23.7 Å². The van der Waals surface area contributed by atoms with E-state index in [1.54, 1.807) is 27.7 Å². The number of hydrogen-bond acceptors (Lipinski definition) is 14. The van der Waals surface area contributed by atoms with Gasteiger partial charge < -0.3 is 58.1 Å². The molecular formula is C38H65NO13. The molecule has 52 heavy (non-hydrogen) atoms. The van der Waals surface area contributed by atoms with Crippen molar-refractivity contribution in [2.24, 2.45) is 23.7 Å². The number of esters is 1. The highest BCUT2D eigenvalue weighted by Crippen LogP contribution is 2.42. The lowest BCUT2D eigenvalue weighted by atomic mass is 9.74. The molecule has 300 valence electrons. The third-order valence-electron chi connectivity index (χ3n) is 12.0. The lowest BCUT2D eigenvalue weighted by Crippen LogP contribution is -2.61. The van der Waals surface area contributed by atoms with Crippen molar-refractivity contribution in [1.82, 2.24) is 4.90 Å². The summed E-state index contributed by atoms with van der Waals surface area (Å²) in [6.45, 7) is 20.4. The Hall–Kier alpha value is -1.88. The Kier molecular flexibility index (Phi) is 13.9. The fraction of sp³-hybridized carbons (Fsp3) is 0.895. The summed E-state index contributed by atoms with van der Waals surface area (Å²) in [5, 5.41) is 35.0. The number of rotatable bonds is 7. The number of cyclic esters (lactones) is 1. The second-order valence-corrected chi connectivity index (χ2v) is 16.5. The lowest BCUT2D eigenvalue weighted by Gasteiger charge is -2.49. The standard InChI is InChI=1S/C38H65NO13/c1-14-26-20(4)30-21(5)29(50-36(43)51-30)18(2)16-37(9,44)33(52-35-28(40)25(39(11)12)15-19(3)46-35)22(6)31(23(7)34(42)48-26)49-27-17-38(10,45-13)32(41)24(8)47-27/h18-19,21-33,35,40-41,44H,4,14-17H2,1-3,5-13H3/t18-,19-,21+,22+,23-,24+,25+,26-,27?,28-,29+,30+,31+,32+,33-,35?,37-,38-/m1/s1. The molecule has 14 heteroatoms. The minimum absolute atomic E-state index is 0.0899. The molecule has 2 bridgehead atoms. The van der Waals surface area contributed by atoms with Gasteiger partial charge in [-0.3, -0.25) is 4.79 Å². The molecule has 0 aromatic rings. The molecule has 4 aliphatic rings. The number of aliphatic hydroxyl groups is 3. The van der Waals surface area contributed by atoms with Gasteiger partial charge in [0.15, 0.2) is 12.6 Å². The van der Waals surface area contributed by atoms with Gasteiger partial charge in [-0.15, -0.1) is 0 Å². The monoisotopic (exact) mass is 743 g/mol. The topological polar surface area (TPSA) is 172 Å². The average Bonchev–Trinajstić information content (AvgIpc) is 3.07. The normalized spacial score (nSPS) is 48.3. The van der Waals surface area contributed by atoms with Crippen LogP contribution in [0.3, 0.4) is 0 Å². The number of aliphatic hydroxyl groups excluding tert-OH is 2. The molecule has 0 aliphatic carbocycles. The molecule has 3 N–H and O–H groups in total. The first-order valence-corrected chi connectivity index (χ1v) is 18.8. The van der Waals surface area contributed by atoms with E-state index in [1.165, 1.54) is 7.11 Å². The molecule has 0 spiro atoms. The van der Waals surface area contributed by atoms with Gasteiger partial charge in [-0.2, -0.15) is 0 Å². The van der Waals surface area contributed by atoms with Crippen molar-refractivity contribution in [3.05, 3.63) is 12.2 Å². The van der Waals surface area contributed by atoms with Crippen LogP contribution in [-0.2, 0) is 42.7 Å². The molecule has 2 unspecified atom stereocenters. The van der Waals surface area contributed by atoms with Gasteiger partial charge in [0.2, 0.25) is 0 Å². The third-order valence-corrected chi connectivity index (χ3v) is 12.0. The van der Waals surface area contributed by atoms with E-state index in [2.05, 4.69) is 6.58 Å². The van der Waals surface area contributed by atoms with E-state index in [4.69, 9.17) is 37.9 Å². The SMILES string of the molecule is C=C1[C@@H](CC)OC(=O)[C@H](C)[C@@H](OC2C[C@@](C)(OC)[C@@H](O)[C@H](C)O2)[C@H](C)[C@@H](OC2O[C@H](C)C[C@H](N(C)C)[C@H]2O)[C@](C)(O)C[C@@H](C)[C@@H]2OC(=O)O[C@@H]1[C@H]2C. The molecule has 0 saturated carbocycles. The van der Waals surface area contributed by atoms with Gasteiger partial charge in [-0.1, -0.05) is 34.3 Å². The highest BCUT2D eigenvalue weighted by Gasteiger charge is 2.53. The van der Waals surface area contributed by atoms with Gasteiger partial charge >= 0.3 is 12.1 Å². The summed E-state index contributed by atoms with van der Waals surface area (Å²) >= 11 is 0. The number of likely N-dealkylation sites (N-methyl/N-ethyl adjacent to an activating group) is 1. The number of carbonyl (C=O) groups is 2. The third kappa shape index (κ3) is 8.97. The van der Waals surface area contributed by atoms with Gasteiger partial charge in [0.25, 0.3) is 0 Å². The van der Waals surface area contributed by atoms with Crippen LogP contribution in [0.15, 0.2) is 12.2 Å². The first kappa shape index (κ1) is 42.9. The molecule has 14 nitrogen and oxygen atoms in total. The highest BCUT2D eigenvalue weighted by molar-refractivity contribution is 5.73. The van der Waals surface area contributed by atoms with E-state index in [1.807, 2.05) is 53.6 Å². The Morgan fingerprint density at radius 1 is 0.942 bits per heavy atom. The van der Waals surface area contributed by atoms with Crippen LogP contribution in [0.4, 0.5) is 4.79 Å². The molecular weight excluding hydrogens is 678 g/mol. The van der Waals surface area contributed by atoms with Gasteiger partial charge in [-0.05, 0) is 73.9 Å². The number of nitrogens with zero attached hydrogens (tertiary/aromatic N) is 1. The maximum absolute atomic E-state index is 14.2. The van der Waals surface area contributed by atoms with Crippen molar-refractivity contribution in [3.8, 4) is 0 Å². The van der Waals surface area contributed by atoms with E-state index in [0.717, 1.165) is 0 Å². The van der Waals surface area contributed by atoms with Crippen molar-refractivity contribution in [3.63, 3.8) is 0 Å². The minimum Gasteiger partial charge on any atom is -0.457 e. The quantitative estimate of drug-likeness (QED) is 0.255. The molecule has 18 atom stereocenters. The van der Waals surface area contributed by atoms with Crippen LogP contribution in [0.2, 0.25) is 0 Å². The van der Waals surface area contributed by atoms with Gasteiger partial charge in [0.05, 0.1) is 41.5 Å². The van der Waals surface area contributed by atoms with E-state index >= 15 is 0 Å². The van der Waals surface area contributed by atoms with Crippen LogP contribution in [0.1, 0.15) is 88.0 Å².